The van der Waals surface area contributed by atoms with Gasteiger partial charge in [0.1, 0.15) is 6.04 Å². The average molecular weight is 321 g/mol. The number of hydrogen-bond acceptors (Lipinski definition) is 1. The van der Waals surface area contributed by atoms with Crippen LogP contribution in [0.2, 0.25) is 0 Å². The molecule has 1 unspecified atom stereocenters. The van der Waals surface area contributed by atoms with Gasteiger partial charge in [-0.15, -0.1) is 0 Å². The van der Waals surface area contributed by atoms with E-state index < -0.39 is 0 Å². The Morgan fingerprint density at radius 3 is 2.73 bits per heavy atom. The van der Waals surface area contributed by atoms with Gasteiger partial charge >= 0.3 is 0 Å². The highest BCUT2D eigenvalue weighted by Gasteiger charge is 2.26. The van der Waals surface area contributed by atoms with Crippen molar-refractivity contribution in [3.8, 4) is 0 Å². The second-order valence-corrected chi connectivity index (χ2v) is 6.64. The van der Waals surface area contributed by atoms with E-state index in [-0.39, 0.29) is 0 Å². The Labute approximate surface area is 140 Å². The van der Waals surface area contributed by atoms with Gasteiger partial charge in [-0.05, 0) is 49.7 Å². The molecule has 0 amide bonds. The molecule has 22 heavy (non-hydrogen) atoms. The molecule has 1 aliphatic rings. The van der Waals surface area contributed by atoms with Crippen molar-refractivity contribution < 1.29 is 4.90 Å². The van der Waals surface area contributed by atoms with Crippen molar-refractivity contribution in [2.24, 2.45) is 0 Å². The standard InChI is InChI=1S/C18H29N3S/c1-3-5-7-15-9-11-16(12-10-15)20-18(22)19-14-17-8-6-13-21(17)4-2/h9-12,17H,3-8,13-14H2,1-2H3,(H2,19,20,22)/p+1/t17-/m1/s1. The van der Waals surface area contributed by atoms with Gasteiger partial charge in [-0.2, -0.15) is 0 Å². The number of aryl methyl sites for hydroxylation is 1. The van der Waals surface area contributed by atoms with Gasteiger partial charge in [0.25, 0.3) is 0 Å². The van der Waals surface area contributed by atoms with E-state index in [4.69, 9.17) is 12.2 Å². The summed E-state index contributed by atoms with van der Waals surface area (Å²) >= 11 is 5.42. The molecule has 1 heterocycles. The van der Waals surface area contributed by atoms with Crippen molar-refractivity contribution in [1.82, 2.24) is 5.32 Å². The molecule has 1 aromatic rings. The Kier molecular flexibility index (Phi) is 7.13. The van der Waals surface area contributed by atoms with Crippen LogP contribution in [0.25, 0.3) is 0 Å². The molecule has 0 saturated carbocycles. The van der Waals surface area contributed by atoms with Gasteiger partial charge in [-0.25, -0.2) is 0 Å². The fourth-order valence-electron chi connectivity index (χ4n) is 3.22. The number of likely N-dealkylation sites (tertiary alicyclic amines) is 1. The van der Waals surface area contributed by atoms with Crippen LogP contribution in [0, 0.1) is 0 Å². The van der Waals surface area contributed by atoms with Crippen LogP contribution in [0.1, 0.15) is 45.1 Å². The van der Waals surface area contributed by atoms with Crippen LogP contribution in [0.4, 0.5) is 5.69 Å². The van der Waals surface area contributed by atoms with E-state index in [0.717, 1.165) is 23.8 Å². The highest BCUT2D eigenvalue weighted by atomic mass is 32.1. The van der Waals surface area contributed by atoms with E-state index in [1.54, 1.807) is 4.90 Å². The van der Waals surface area contributed by atoms with E-state index in [2.05, 4.69) is 48.7 Å². The number of anilines is 1. The molecular formula is C18H30N3S+. The lowest BCUT2D eigenvalue weighted by molar-refractivity contribution is -0.909. The summed E-state index contributed by atoms with van der Waals surface area (Å²) in [7, 11) is 0. The lowest BCUT2D eigenvalue weighted by atomic mass is 10.1. The predicted molar refractivity (Wildman–Crippen MR) is 98.7 cm³/mol. The number of unbranched alkanes of at least 4 members (excludes halogenated alkanes) is 1. The zero-order chi connectivity index (χ0) is 15.8. The third kappa shape index (κ3) is 5.25. The lowest BCUT2D eigenvalue weighted by Crippen LogP contribution is -3.14. The fourth-order valence-corrected chi connectivity index (χ4v) is 3.42. The molecule has 2 atom stereocenters. The highest BCUT2D eigenvalue weighted by molar-refractivity contribution is 7.80. The van der Waals surface area contributed by atoms with Crippen molar-refractivity contribution >= 4 is 23.0 Å². The summed E-state index contributed by atoms with van der Waals surface area (Å²) in [6.45, 7) is 7.99. The summed E-state index contributed by atoms with van der Waals surface area (Å²) in [6.07, 6.45) is 6.31. The summed E-state index contributed by atoms with van der Waals surface area (Å²) in [5.74, 6) is 0. The SMILES string of the molecule is CCCCc1ccc(NC(=S)NC[C@H]2CCC[NH+]2CC)cc1. The molecular weight excluding hydrogens is 290 g/mol. The smallest absolute Gasteiger partial charge is 0.170 e. The highest BCUT2D eigenvalue weighted by Crippen LogP contribution is 2.11. The zero-order valence-corrected chi connectivity index (χ0v) is 14.8. The Hall–Kier alpha value is -1.13. The van der Waals surface area contributed by atoms with Crippen molar-refractivity contribution in [1.29, 1.82) is 0 Å². The number of benzene rings is 1. The number of thiocarbonyl (C=S) groups is 1. The van der Waals surface area contributed by atoms with Crippen molar-refractivity contribution in [2.45, 2.75) is 52.0 Å². The second kappa shape index (κ2) is 9.11. The van der Waals surface area contributed by atoms with Gasteiger partial charge in [-0.3, -0.25) is 0 Å². The molecule has 3 N–H and O–H groups in total. The number of nitrogens with one attached hydrogen (secondary N) is 3. The zero-order valence-electron chi connectivity index (χ0n) is 14.0. The first-order chi connectivity index (χ1) is 10.7. The van der Waals surface area contributed by atoms with Crippen LogP contribution in [0.5, 0.6) is 0 Å². The summed E-state index contributed by atoms with van der Waals surface area (Å²) in [6, 6.07) is 9.35. The third-order valence-electron chi connectivity index (χ3n) is 4.62. The van der Waals surface area contributed by atoms with Gasteiger partial charge < -0.3 is 15.5 Å². The number of rotatable bonds is 7. The maximum atomic E-state index is 5.42. The summed E-state index contributed by atoms with van der Waals surface area (Å²) in [5.41, 5.74) is 2.48. The van der Waals surface area contributed by atoms with Gasteiger partial charge in [-0.1, -0.05) is 25.5 Å². The van der Waals surface area contributed by atoms with Crippen molar-refractivity contribution in [2.75, 3.05) is 25.0 Å². The first-order valence-electron chi connectivity index (χ1n) is 8.71. The maximum Gasteiger partial charge on any atom is 0.170 e. The maximum absolute atomic E-state index is 5.42. The first kappa shape index (κ1) is 17.2. The molecule has 2 rings (SSSR count). The molecule has 0 aliphatic carbocycles. The molecule has 1 saturated heterocycles. The monoisotopic (exact) mass is 320 g/mol. The normalized spacial score (nSPS) is 20.8. The Bertz CT molecular complexity index is 458. The van der Waals surface area contributed by atoms with Crippen LogP contribution >= 0.6 is 12.2 Å². The average Bonchev–Trinajstić information content (AvgIpc) is 3.00. The Morgan fingerprint density at radius 1 is 1.27 bits per heavy atom. The molecule has 0 spiro atoms. The summed E-state index contributed by atoms with van der Waals surface area (Å²) in [4.78, 5) is 1.70. The van der Waals surface area contributed by atoms with Crippen molar-refractivity contribution in [3.63, 3.8) is 0 Å². The first-order valence-corrected chi connectivity index (χ1v) is 9.12. The molecule has 0 radical (unpaired) electrons. The number of quaternary nitrogens is 1. The number of likely N-dealkylation sites (N-methyl/N-ethyl adjacent to an activating group) is 1. The third-order valence-corrected chi connectivity index (χ3v) is 4.87. The molecule has 4 heteroatoms. The predicted octanol–water partition coefficient (Wildman–Crippen LogP) is 2.38. The van der Waals surface area contributed by atoms with E-state index in [1.807, 2.05) is 0 Å². The number of hydrogen-bond donors (Lipinski definition) is 3. The quantitative estimate of drug-likeness (QED) is 0.674. The molecule has 0 bridgehead atoms. The van der Waals surface area contributed by atoms with E-state index in [1.165, 1.54) is 44.3 Å². The van der Waals surface area contributed by atoms with Gasteiger partial charge in [0.05, 0.1) is 19.6 Å². The molecule has 0 aromatic heterocycles. The fraction of sp³-hybridized carbons (Fsp3) is 0.611. The van der Waals surface area contributed by atoms with Gasteiger partial charge in [0.2, 0.25) is 0 Å². The van der Waals surface area contributed by atoms with Gasteiger partial charge in [0.15, 0.2) is 5.11 Å². The minimum atomic E-state index is 0.709. The minimum absolute atomic E-state index is 0.709. The topological polar surface area (TPSA) is 28.5 Å². The van der Waals surface area contributed by atoms with E-state index in [9.17, 15) is 0 Å². The molecule has 122 valence electrons. The summed E-state index contributed by atoms with van der Waals surface area (Å²) in [5, 5.41) is 7.42. The van der Waals surface area contributed by atoms with Crippen LogP contribution in [-0.4, -0.2) is 30.8 Å². The largest absolute Gasteiger partial charge is 0.356 e. The van der Waals surface area contributed by atoms with Gasteiger partial charge in [0, 0.05) is 18.5 Å². The van der Waals surface area contributed by atoms with E-state index >= 15 is 0 Å². The molecule has 1 aromatic carbocycles. The van der Waals surface area contributed by atoms with Crippen LogP contribution in [0.3, 0.4) is 0 Å². The van der Waals surface area contributed by atoms with Crippen LogP contribution in [0.15, 0.2) is 24.3 Å². The molecule has 1 fully saturated rings. The second-order valence-electron chi connectivity index (χ2n) is 6.24. The summed E-state index contributed by atoms with van der Waals surface area (Å²) < 4.78 is 0. The Balaban J connectivity index is 1.74. The molecule has 1 aliphatic heterocycles. The lowest BCUT2D eigenvalue weighted by Gasteiger charge is -2.21. The van der Waals surface area contributed by atoms with Crippen molar-refractivity contribution in [3.05, 3.63) is 29.8 Å². The Morgan fingerprint density at radius 2 is 2.05 bits per heavy atom. The molecule has 3 nitrogen and oxygen atoms in total. The van der Waals surface area contributed by atoms with E-state index in [0.29, 0.717) is 6.04 Å². The van der Waals surface area contributed by atoms with Crippen LogP contribution in [-0.2, 0) is 6.42 Å². The minimum Gasteiger partial charge on any atom is -0.356 e. The van der Waals surface area contributed by atoms with Crippen LogP contribution < -0.4 is 15.5 Å².